The van der Waals surface area contributed by atoms with Crippen LogP contribution in [0.15, 0.2) is 0 Å². The minimum atomic E-state index is -0.243. The first-order chi connectivity index (χ1) is 5.77. The number of rotatable bonds is 1. The second kappa shape index (κ2) is 3.30. The van der Waals surface area contributed by atoms with Crippen LogP contribution >= 0.6 is 0 Å². The molecular formula is C8H16N2O2. The van der Waals surface area contributed by atoms with Crippen LogP contribution in [0.2, 0.25) is 0 Å². The molecule has 4 N–H and O–H groups in total. The first-order valence-electron chi connectivity index (χ1n) is 4.57. The molecular weight excluding hydrogens is 156 g/mol. The van der Waals surface area contributed by atoms with Gasteiger partial charge in [0.25, 0.3) is 0 Å². The molecule has 0 spiro atoms. The lowest BCUT2D eigenvalue weighted by molar-refractivity contribution is 0.123. The van der Waals surface area contributed by atoms with Crippen molar-refractivity contribution in [2.45, 2.75) is 24.7 Å². The standard InChI is InChI=1S/C8H16N2O2/c11-5-1-7(10-2-5)6-3-9-4-8(6)12/h5-12H,1-4H2. The van der Waals surface area contributed by atoms with E-state index in [-0.39, 0.29) is 18.1 Å². The molecule has 0 bridgehead atoms. The summed E-state index contributed by atoms with van der Waals surface area (Å²) in [5, 5.41) is 25.2. The Morgan fingerprint density at radius 3 is 2.42 bits per heavy atom. The molecule has 0 aromatic rings. The zero-order valence-corrected chi connectivity index (χ0v) is 7.03. The fourth-order valence-electron chi connectivity index (χ4n) is 2.17. The zero-order chi connectivity index (χ0) is 8.55. The third-order valence-electron chi connectivity index (χ3n) is 2.89. The molecule has 4 unspecified atom stereocenters. The minimum absolute atomic E-state index is 0.220. The Balaban J connectivity index is 1.91. The Bertz CT molecular complexity index is 165. The molecule has 0 radical (unpaired) electrons. The summed E-state index contributed by atoms with van der Waals surface area (Å²) >= 11 is 0. The van der Waals surface area contributed by atoms with Gasteiger partial charge in [-0.15, -0.1) is 0 Å². The third-order valence-corrected chi connectivity index (χ3v) is 2.89. The van der Waals surface area contributed by atoms with E-state index < -0.39 is 0 Å². The Morgan fingerprint density at radius 1 is 1.08 bits per heavy atom. The Labute approximate surface area is 72.0 Å². The van der Waals surface area contributed by atoms with Crippen molar-refractivity contribution in [3.8, 4) is 0 Å². The van der Waals surface area contributed by atoms with E-state index in [1.807, 2.05) is 0 Å². The number of aliphatic hydroxyl groups excluding tert-OH is 2. The van der Waals surface area contributed by atoms with E-state index in [1.165, 1.54) is 0 Å². The van der Waals surface area contributed by atoms with Crippen molar-refractivity contribution in [1.82, 2.24) is 10.6 Å². The van der Waals surface area contributed by atoms with Crippen LogP contribution in [0, 0.1) is 5.92 Å². The van der Waals surface area contributed by atoms with Crippen LogP contribution in [0.5, 0.6) is 0 Å². The molecule has 2 fully saturated rings. The number of β-amino-alcohol motifs (C(OH)–C–C–N with tert-alkyl or cyclic N) is 2. The predicted molar refractivity (Wildman–Crippen MR) is 44.8 cm³/mol. The van der Waals surface area contributed by atoms with Crippen LogP contribution in [0.4, 0.5) is 0 Å². The summed E-state index contributed by atoms with van der Waals surface area (Å²) in [6.45, 7) is 2.23. The molecule has 4 nitrogen and oxygen atoms in total. The summed E-state index contributed by atoms with van der Waals surface area (Å²) < 4.78 is 0. The van der Waals surface area contributed by atoms with Gasteiger partial charge in [0.05, 0.1) is 12.2 Å². The number of hydrogen-bond acceptors (Lipinski definition) is 4. The van der Waals surface area contributed by atoms with Gasteiger partial charge in [-0.25, -0.2) is 0 Å². The summed E-state index contributed by atoms with van der Waals surface area (Å²) in [6.07, 6.45) is 0.319. The maximum Gasteiger partial charge on any atom is 0.0719 e. The van der Waals surface area contributed by atoms with E-state index >= 15 is 0 Å². The van der Waals surface area contributed by atoms with Crippen LogP contribution in [-0.4, -0.2) is 48.1 Å². The molecule has 0 aromatic heterocycles. The highest BCUT2D eigenvalue weighted by Gasteiger charge is 2.36. The monoisotopic (exact) mass is 172 g/mol. The second-order valence-electron chi connectivity index (χ2n) is 3.79. The first-order valence-corrected chi connectivity index (χ1v) is 4.57. The molecule has 0 aromatic carbocycles. The Hall–Kier alpha value is -0.160. The summed E-state index contributed by atoms with van der Waals surface area (Å²) in [5.74, 6) is 0.280. The highest BCUT2D eigenvalue weighted by atomic mass is 16.3. The van der Waals surface area contributed by atoms with E-state index in [1.54, 1.807) is 0 Å². The molecule has 2 rings (SSSR count). The highest BCUT2D eigenvalue weighted by molar-refractivity contribution is 4.94. The maximum absolute atomic E-state index is 9.55. The van der Waals surface area contributed by atoms with Gasteiger partial charge in [0.15, 0.2) is 0 Å². The van der Waals surface area contributed by atoms with Crippen LogP contribution in [-0.2, 0) is 0 Å². The van der Waals surface area contributed by atoms with Crippen molar-refractivity contribution in [1.29, 1.82) is 0 Å². The largest absolute Gasteiger partial charge is 0.392 e. The van der Waals surface area contributed by atoms with E-state index in [4.69, 9.17) is 0 Å². The minimum Gasteiger partial charge on any atom is -0.392 e. The average molecular weight is 172 g/mol. The van der Waals surface area contributed by atoms with Crippen LogP contribution < -0.4 is 10.6 Å². The highest BCUT2D eigenvalue weighted by Crippen LogP contribution is 2.20. The zero-order valence-electron chi connectivity index (χ0n) is 7.03. The summed E-state index contributed by atoms with van der Waals surface area (Å²) in [5.41, 5.74) is 0. The van der Waals surface area contributed by atoms with Gasteiger partial charge in [-0.2, -0.15) is 0 Å². The fraction of sp³-hybridized carbons (Fsp3) is 1.00. The van der Waals surface area contributed by atoms with Gasteiger partial charge in [0.1, 0.15) is 0 Å². The molecule has 2 aliphatic rings. The van der Waals surface area contributed by atoms with Crippen molar-refractivity contribution in [2.24, 2.45) is 5.92 Å². The van der Waals surface area contributed by atoms with Gasteiger partial charge in [-0.3, -0.25) is 0 Å². The summed E-state index contributed by atoms with van der Waals surface area (Å²) in [6, 6.07) is 0.296. The van der Waals surface area contributed by atoms with Crippen molar-refractivity contribution < 1.29 is 10.2 Å². The molecule has 0 saturated carbocycles. The Morgan fingerprint density at radius 2 is 1.92 bits per heavy atom. The molecule has 2 heterocycles. The summed E-state index contributed by atoms with van der Waals surface area (Å²) in [4.78, 5) is 0. The van der Waals surface area contributed by atoms with Crippen molar-refractivity contribution in [3.63, 3.8) is 0 Å². The lowest BCUT2D eigenvalue weighted by atomic mass is 9.95. The maximum atomic E-state index is 9.55. The van der Waals surface area contributed by atoms with Crippen molar-refractivity contribution in [2.75, 3.05) is 19.6 Å². The van der Waals surface area contributed by atoms with E-state index in [0.29, 0.717) is 19.1 Å². The van der Waals surface area contributed by atoms with E-state index in [0.717, 1.165) is 13.0 Å². The van der Waals surface area contributed by atoms with Crippen LogP contribution in [0.25, 0.3) is 0 Å². The smallest absolute Gasteiger partial charge is 0.0719 e. The second-order valence-corrected chi connectivity index (χ2v) is 3.79. The quantitative estimate of drug-likeness (QED) is 0.380. The molecule has 70 valence electrons. The van der Waals surface area contributed by atoms with E-state index in [2.05, 4.69) is 10.6 Å². The Kier molecular flexibility index (Phi) is 2.32. The number of nitrogens with one attached hydrogen (secondary N) is 2. The van der Waals surface area contributed by atoms with Gasteiger partial charge in [-0.05, 0) is 6.42 Å². The lowest BCUT2D eigenvalue weighted by Crippen LogP contribution is -2.37. The molecule has 0 amide bonds. The van der Waals surface area contributed by atoms with E-state index in [9.17, 15) is 10.2 Å². The SMILES string of the molecule is OC1CNC(C2CNCC2O)C1. The average Bonchev–Trinajstić information content (AvgIpc) is 2.58. The topological polar surface area (TPSA) is 64.5 Å². The van der Waals surface area contributed by atoms with Gasteiger partial charge in [-0.1, -0.05) is 0 Å². The normalized spacial score (nSPS) is 48.5. The molecule has 4 atom stereocenters. The number of hydrogen-bond donors (Lipinski definition) is 4. The van der Waals surface area contributed by atoms with Crippen molar-refractivity contribution in [3.05, 3.63) is 0 Å². The molecule has 2 aliphatic heterocycles. The first kappa shape index (κ1) is 8.44. The lowest BCUT2D eigenvalue weighted by Gasteiger charge is -2.20. The van der Waals surface area contributed by atoms with Crippen molar-refractivity contribution >= 4 is 0 Å². The molecule has 4 heteroatoms. The van der Waals surface area contributed by atoms with Gasteiger partial charge in [0, 0.05) is 31.6 Å². The predicted octanol–water partition coefficient (Wildman–Crippen LogP) is -1.71. The third kappa shape index (κ3) is 1.47. The summed E-state index contributed by atoms with van der Waals surface area (Å²) in [7, 11) is 0. The fourth-order valence-corrected chi connectivity index (χ4v) is 2.17. The van der Waals surface area contributed by atoms with Gasteiger partial charge in [0.2, 0.25) is 0 Å². The van der Waals surface area contributed by atoms with Crippen LogP contribution in [0.3, 0.4) is 0 Å². The van der Waals surface area contributed by atoms with Gasteiger partial charge < -0.3 is 20.8 Å². The molecule has 0 aliphatic carbocycles. The van der Waals surface area contributed by atoms with Gasteiger partial charge >= 0.3 is 0 Å². The molecule has 2 saturated heterocycles. The molecule has 12 heavy (non-hydrogen) atoms. The van der Waals surface area contributed by atoms with Crippen LogP contribution in [0.1, 0.15) is 6.42 Å². The number of aliphatic hydroxyl groups is 2.